The summed E-state index contributed by atoms with van der Waals surface area (Å²) in [6.07, 6.45) is 0. The van der Waals surface area contributed by atoms with Crippen LogP contribution < -0.4 is 19.7 Å². The van der Waals surface area contributed by atoms with Crippen molar-refractivity contribution >= 4 is 28.8 Å². The van der Waals surface area contributed by atoms with Crippen molar-refractivity contribution in [2.45, 2.75) is 20.8 Å². The minimum atomic E-state index is -0.395. The van der Waals surface area contributed by atoms with Crippen LogP contribution in [0.5, 0.6) is 11.5 Å². The molecule has 2 aliphatic rings. The zero-order valence-corrected chi connectivity index (χ0v) is 18.8. The highest BCUT2D eigenvalue weighted by molar-refractivity contribution is 6.46. The van der Waals surface area contributed by atoms with Gasteiger partial charge in [-0.15, -0.1) is 0 Å². The van der Waals surface area contributed by atoms with Crippen molar-refractivity contribution in [3.63, 3.8) is 0 Å². The molecule has 0 saturated carbocycles. The topological polar surface area (TPSA) is 67.9 Å². The van der Waals surface area contributed by atoms with Gasteiger partial charge in [0.15, 0.2) is 11.5 Å². The maximum atomic E-state index is 13.6. The van der Waals surface area contributed by atoms with E-state index in [1.54, 1.807) is 18.2 Å². The number of fused-ring (bicyclic) bond motifs is 1. The fourth-order valence-electron chi connectivity index (χ4n) is 4.08. The van der Waals surface area contributed by atoms with Gasteiger partial charge in [0.05, 0.1) is 11.3 Å². The van der Waals surface area contributed by atoms with Crippen LogP contribution >= 0.6 is 0 Å². The van der Waals surface area contributed by atoms with Crippen LogP contribution in [0, 0.1) is 20.8 Å². The number of anilines is 2. The molecule has 6 heteroatoms. The zero-order valence-electron chi connectivity index (χ0n) is 18.8. The minimum Gasteiger partial charge on any atom is -0.486 e. The van der Waals surface area contributed by atoms with E-state index in [1.165, 1.54) is 4.90 Å². The van der Waals surface area contributed by atoms with Gasteiger partial charge in [-0.3, -0.25) is 9.59 Å². The number of imide groups is 1. The Bertz CT molecular complexity index is 1330. The molecule has 0 unspecified atom stereocenters. The van der Waals surface area contributed by atoms with Crippen molar-refractivity contribution in [2.75, 3.05) is 23.4 Å². The highest BCUT2D eigenvalue weighted by Crippen LogP contribution is 2.37. The number of aryl methyl sites for hydroxylation is 3. The molecule has 2 heterocycles. The summed E-state index contributed by atoms with van der Waals surface area (Å²) in [6.45, 7) is 6.90. The molecular formula is C27H24N2O4. The Morgan fingerprint density at radius 2 is 1.58 bits per heavy atom. The average molecular weight is 440 g/mol. The second-order valence-electron chi connectivity index (χ2n) is 8.32. The van der Waals surface area contributed by atoms with Crippen molar-refractivity contribution < 1.29 is 19.1 Å². The number of amides is 2. The summed E-state index contributed by atoms with van der Waals surface area (Å²) in [5.74, 6) is 0.514. The summed E-state index contributed by atoms with van der Waals surface area (Å²) < 4.78 is 11.3. The first-order valence-electron chi connectivity index (χ1n) is 10.9. The van der Waals surface area contributed by atoms with Crippen LogP contribution in [0.2, 0.25) is 0 Å². The zero-order chi connectivity index (χ0) is 23.1. The normalized spacial score (nSPS) is 15.3. The second kappa shape index (κ2) is 8.13. The van der Waals surface area contributed by atoms with Crippen LogP contribution in [0.1, 0.15) is 22.3 Å². The Kier molecular flexibility index (Phi) is 5.13. The predicted molar refractivity (Wildman–Crippen MR) is 128 cm³/mol. The second-order valence-corrected chi connectivity index (χ2v) is 8.32. The maximum Gasteiger partial charge on any atom is 0.282 e. The van der Waals surface area contributed by atoms with Crippen LogP contribution in [0.4, 0.5) is 11.4 Å². The van der Waals surface area contributed by atoms with Crippen LogP contribution in [0.3, 0.4) is 0 Å². The molecule has 1 N–H and O–H groups in total. The Hall–Kier alpha value is -4.06. The van der Waals surface area contributed by atoms with Gasteiger partial charge in [0.25, 0.3) is 11.8 Å². The molecule has 5 rings (SSSR count). The van der Waals surface area contributed by atoms with Crippen molar-refractivity contribution in [3.05, 3.63) is 88.6 Å². The molecule has 166 valence electrons. The van der Waals surface area contributed by atoms with E-state index in [2.05, 4.69) is 5.32 Å². The van der Waals surface area contributed by atoms with E-state index in [0.29, 0.717) is 47.2 Å². The largest absolute Gasteiger partial charge is 0.486 e. The number of carbonyl (C=O) groups is 2. The van der Waals surface area contributed by atoms with Gasteiger partial charge in [-0.1, -0.05) is 30.3 Å². The summed E-state index contributed by atoms with van der Waals surface area (Å²) in [7, 11) is 0. The van der Waals surface area contributed by atoms with E-state index >= 15 is 0 Å². The molecule has 0 fully saturated rings. The number of carbonyl (C=O) groups excluding carboxylic acids is 2. The molecule has 2 amide bonds. The third-order valence-electron chi connectivity index (χ3n) is 5.95. The number of rotatable bonds is 4. The number of benzene rings is 3. The van der Waals surface area contributed by atoms with E-state index < -0.39 is 5.91 Å². The van der Waals surface area contributed by atoms with E-state index in [1.807, 2.05) is 63.2 Å². The molecule has 33 heavy (non-hydrogen) atoms. The molecule has 0 atom stereocenters. The number of hydrogen-bond donors (Lipinski definition) is 1. The smallest absolute Gasteiger partial charge is 0.282 e. The van der Waals surface area contributed by atoms with Gasteiger partial charge in [0.1, 0.15) is 18.9 Å². The number of nitrogens with one attached hydrogen (secondary N) is 1. The van der Waals surface area contributed by atoms with Crippen LogP contribution in [0.15, 0.2) is 66.4 Å². The highest BCUT2D eigenvalue weighted by atomic mass is 16.6. The van der Waals surface area contributed by atoms with E-state index in [0.717, 1.165) is 16.7 Å². The molecule has 0 bridgehead atoms. The molecule has 3 aromatic rings. The van der Waals surface area contributed by atoms with E-state index in [9.17, 15) is 9.59 Å². The summed E-state index contributed by atoms with van der Waals surface area (Å²) in [6, 6.07) is 18.6. The molecular weight excluding hydrogens is 416 g/mol. The van der Waals surface area contributed by atoms with Crippen molar-refractivity contribution in [1.82, 2.24) is 0 Å². The quantitative estimate of drug-likeness (QED) is 0.592. The van der Waals surface area contributed by atoms with E-state index in [-0.39, 0.29) is 11.6 Å². The Balaban J connectivity index is 1.61. The first-order valence-corrected chi connectivity index (χ1v) is 10.9. The molecule has 0 saturated heterocycles. The molecule has 0 radical (unpaired) electrons. The van der Waals surface area contributed by atoms with Gasteiger partial charge in [0.2, 0.25) is 0 Å². The fourth-order valence-corrected chi connectivity index (χ4v) is 4.08. The van der Waals surface area contributed by atoms with Crippen LogP contribution in [-0.4, -0.2) is 25.0 Å². The monoisotopic (exact) mass is 440 g/mol. The third kappa shape index (κ3) is 3.74. The van der Waals surface area contributed by atoms with Gasteiger partial charge >= 0.3 is 0 Å². The van der Waals surface area contributed by atoms with Crippen molar-refractivity contribution in [3.8, 4) is 11.5 Å². The fraction of sp³-hybridized carbons (Fsp3) is 0.185. The summed E-state index contributed by atoms with van der Waals surface area (Å²) in [4.78, 5) is 28.4. The highest BCUT2D eigenvalue weighted by Gasteiger charge is 2.40. The maximum absolute atomic E-state index is 13.6. The molecule has 6 nitrogen and oxygen atoms in total. The lowest BCUT2D eigenvalue weighted by Gasteiger charge is -2.19. The SMILES string of the molecule is Cc1cccc(N2C(=O)C(Nc3ccc4c(c3)OCCO4)=C(c3ccc(C)c(C)c3)C2=O)c1. The molecule has 0 aliphatic carbocycles. The molecule has 3 aromatic carbocycles. The summed E-state index contributed by atoms with van der Waals surface area (Å²) in [5, 5.41) is 3.20. The number of ether oxygens (including phenoxy) is 2. The third-order valence-corrected chi connectivity index (χ3v) is 5.95. The summed E-state index contributed by atoms with van der Waals surface area (Å²) >= 11 is 0. The number of hydrogen-bond acceptors (Lipinski definition) is 5. The lowest BCUT2D eigenvalue weighted by atomic mass is 9.99. The predicted octanol–water partition coefficient (Wildman–Crippen LogP) is 4.78. The molecule has 0 spiro atoms. The Labute approximate surface area is 192 Å². The Morgan fingerprint density at radius 3 is 2.33 bits per heavy atom. The Morgan fingerprint density at radius 1 is 0.788 bits per heavy atom. The first-order chi connectivity index (χ1) is 15.9. The lowest BCUT2D eigenvalue weighted by molar-refractivity contribution is -0.120. The molecule has 0 aromatic heterocycles. The molecule has 2 aliphatic heterocycles. The lowest BCUT2D eigenvalue weighted by Crippen LogP contribution is -2.32. The van der Waals surface area contributed by atoms with Gasteiger partial charge in [-0.05, 0) is 67.3 Å². The van der Waals surface area contributed by atoms with Crippen LogP contribution in [-0.2, 0) is 9.59 Å². The minimum absolute atomic E-state index is 0.237. The van der Waals surface area contributed by atoms with Crippen LogP contribution in [0.25, 0.3) is 5.57 Å². The first kappa shape index (κ1) is 20.8. The van der Waals surface area contributed by atoms with E-state index in [4.69, 9.17) is 9.47 Å². The standard InChI is InChI=1S/C27H24N2O4/c1-16-5-4-6-21(13-16)29-26(30)24(19-8-7-17(2)18(3)14-19)25(27(29)31)28-20-9-10-22-23(15-20)33-12-11-32-22/h4-10,13-15,28H,11-12H2,1-3H3. The summed E-state index contributed by atoms with van der Waals surface area (Å²) in [5.41, 5.74) is 5.61. The van der Waals surface area contributed by atoms with Crippen molar-refractivity contribution in [2.24, 2.45) is 0 Å². The van der Waals surface area contributed by atoms with Gasteiger partial charge in [-0.25, -0.2) is 4.90 Å². The van der Waals surface area contributed by atoms with Crippen molar-refractivity contribution in [1.29, 1.82) is 0 Å². The van der Waals surface area contributed by atoms with Gasteiger partial charge in [-0.2, -0.15) is 0 Å². The van der Waals surface area contributed by atoms with Gasteiger partial charge < -0.3 is 14.8 Å². The van der Waals surface area contributed by atoms with Gasteiger partial charge in [0, 0.05) is 11.8 Å². The number of nitrogens with zero attached hydrogens (tertiary/aromatic N) is 1. The average Bonchev–Trinajstić information content (AvgIpc) is 3.05.